The highest BCUT2D eigenvalue weighted by Gasteiger charge is 2.21. The Balaban J connectivity index is 2.45. The molecule has 1 aromatic carbocycles. The van der Waals surface area contributed by atoms with Gasteiger partial charge in [0.15, 0.2) is 5.82 Å². The molecule has 2 rings (SSSR count). The van der Waals surface area contributed by atoms with Gasteiger partial charge in [0.25, 0.3) is 10.0 Å². The lowest BCUT2D eigenvalue weighted by Gasteiger charge is -2.10. The van der Waals surface area contributed by atoms with Crippen molar-refractivity contribution in [3.05, 3.63) is 29.1 Å². The molecule has 0 aliphatic heterocycles. The van der Waals surface area contributed by atoms with E-state index in [1.807, 2.05) is 0 Å². The fourth-order valence-corrected chi connectivity index (χ4v) is 2.92. The van der Waals surface area contributed by atoms with Gasteiger partial charge < -0.3 is 10.3 Å². The van der Waals surface area contributed by atoms with Gasteiger partial charge in [0.2, 0.25) is 0 Å². The third-order valence-electron chi connectivity index (χ3n) is 2.58. The van der Waals surface area contributed by atoms with Crippen molar-refractivity contribution in [2.75, 3.05) is 10.5 Å². The number of hydrogen-bond donors (Lipinski definition) is 2. The second-order valence-corrected chi connectivity index (χ2v) is 5.88. The number of sulfonamides is 1. The Labute approximate surface area is 110 Å². The summed E-state index contributed by atoms with van der Waals surface area (Å²) in [6.45, 7) is 5.01. The summed E-state index contributed by atoms with van der Waals surface area (Å²) in [5, 5.41) is 3.51. The fraction of sp³-hybridized carbons (Fsp3) is 0.273. The van der Waals surface area contributed by atoms with Gasteiger partial charge >= 0.3 is 6.01 Å². The number of benzene rings is 1. The van der Waals surface area contributed by atoms with Crippen LogP contribution in [0.25, 0.3) is 0 Å². The summed E-state index contributed by atoms with van der Waals surface area (Å²) in [7, 11) is -3.80. The zero-order valence-corrected chi connectivity index (χ0v) is 11.6. The molecule has 0 bridgehead atoms. The zero-order valence-electron chi connectivity index (χ0n) is 10.8. The zero-order chi connectivity index (χ0) is 14.2. The molecular weight excluding hydrogens is 268 g/mol. The molecule has 0 spiro atoms. The topological polar surface area (TPSA) is 111 Å². The average molecular weight is 282 g/mol. The molecule has 8 heteroatoms. The lowest BCUT2D eigenvalue weighted by Crippen LogP contribution is -2.15. The Kier molecular flexibility index (Phi) is 3.19. The smallest absolute Gasteiger partial charge is 0.335 e. The van der Waals surface area contributed by atoms with Crippen molar-refractivity contribution >= 4 is 21.7 Å². The van der Waals surface area contributed by atoms with Gasteiger partial charge in [-0.15, -0.1) is 0 Å². The normalized spacial score (nSPS) is 11.5. The van der Waals surface area contributed by atoms with Crippen LogP contribution < -0.4 is 10.5 Å². The van der Waals surface area contributed by atoms with Crippen molar-refractivity contribution in [2.24, 2.45) is 0 Å². The maximum absolute atomic E-state index is 12.2. The quantitative estimate of drug-likeness (QED) is 0.823. The number of aromatic nitrogens is 2. The van der Waals surface area contributed by atoms with E-state index in [1.165, 1.54) is 6.07 Å². The van der Waals surface area contributed by atoms with Gasteiger partial charge in [-0.05, 0) is 44.0 Å². The highest BCUT2D eigenvalue weighted by Crippen LogP contribution is 2.24. The van der Waals surface area contributed by atoms with Gasteiger partial charge in [0, 0.05) is 5.69 Å². The number of nitrogens with zero attached hydrogens (tertiary/aromatic N) is 2. The van der Waals surface area contributed by atoms with E-state index in [-0.39, 0.29) is 10.9 Å². The van der Waals surface area contributed by atoms with E-state index >= 15 is 0 Å². The highest BCUT2D eigenvalue weighted by atomic mass is 32.2. The van der Waals surface area contributed by atoms with Crippen LogP contribution in [-0.2, 0) is 10.0 Å². The first kappa shape index (κ1) is 13.3. The standard InChI is InChI=1S/C11H14N4O3S/c1-6-4-9(12)7(2)10(5-6)19(16,17)15-11-13-8(3)14-18-11/h4-5H,12H2,1-3H3,(H,13,14,15). The van der Waals surface area contributed by atoms with Crippen molar-refractivity contribution in [3.63, 3.8) is 0 Å². The van der Waals surface area contributed by atoms with Crippen LogP contribution in [0.5, 0.6) is 0 Å². The Morgan fingerprint density at radius 1 is 1.26 bits per heavy atom. The van der Waals surface area contributed by atoms with Crippen LogP contribution in [0.4, 0.5) is 11.7 Å². The van der Waals surface area contributed by atoms with Gasteiger partial charge in [-0.1, -0.05) is 5.16 Å². The molecule has 0 atom stereocenters. The van der Waals surface area contributed by atoms with Gasteiger partial charge in [-0.3, -0.25) is 0 Å². The Hall–Kier alpha value is -2.09. The Morgan fingerprint density at radius 3 is 2.53 bits per heavy atom. The monoisotopic (exact) mass is 282 g/mol. The molecule has 0 unspecified atom stereocenters. The summed E-state index contributed by atoms with van der Waals surface area (Å²) in [4.78, 5) is 3.89. The van der Waals surface area contributed by atoms with E-state index < -0.39 is 10.0 Å². The van der Waals surface area contributed by atoms with Crippen molar-refractivity contribution in [1.82, 2.24) is 10.1 Å². The molecule has 7 nitrogen and oxygen atoms in total. The van der Waals surface area contributed by atoms with Crippen LogP contribution in [0.1, 0.15) is 17.0 Å². The summed E-state index contributed by atoms with van der Waals surface area (Å²) >= 11 is 0. The van der Waals surface area contributed by atoms with E-state index in [9.17, 15) is 8.42 Å². The Morgan fingerprint density at radius 2 is 1.95 bits per heavy atom. The van der Waals surface area contributed by atoms with Crippen molar-refractivity contribution < 1.29 is 12.9 Å². The number of anilines is 2. The first-order chi connectivity index (χ1) is 8.79. The minimum absolute atomic E-state index is 0.0980. The second-order valence-electron chi connectivity index (χ2n) is 4.23. The van der Waals surface area contributed by atoms with Gasteiger partial charge in [-0.2, -0.15) is 4.98 Å². The van der Waals surface area contributed by atoms with Gasteiger partial charge in [-0.25, -0.2) is 13.1 Å². The third kappa shape index (κ3) is 2.68. The van der Waals surface area contributed by atoms with Crippen LogP contribution in [0.2, 0.25) is 0 Å². The summed E-state index contributed by atoms with van der Waals surface area (Å²) in [5.74, 6) is 0.346. The van der Waals surface area contributed by atoms with Gasteiger partial charge in [0.1, 0.15) is 0 Å². The largest absolute Gasteiger partial charge is 0.398 e. The van der Waals surface area contributed by atoms with E-state index in [4.69, 9.17) is 10.3 Å². The number of hydrogen-bond acceptors (Lipinski definition) is 6. The molecule has 102 valence electrons. The van der Waals surface area contributed by atoms with E-state index in [0.29, 0.717) is 17.1 Å². The average Bonchev–Trinajstić information content (AvgIpc) is 2.68. The molecule has 3 N–H and O–H groups in total. The number of aryl methyl sites for hydroxylation is 2. The Bertz CT molecular complexity index is 722. The molecule has 0 amide bonds. The van der Waals surface area contributed by atoms with Crippen molar-refractivity contribution in [2.45, 2.75) is 25.7 Å². The molecule has 2 aromatic rings. The highest BCUT2D eigenvalue weighted by molar-refractivity contribution is 7.92. The molecule has 1 aromatic heterocycles. The fourth-order valence-electron chi connectivity index (χ4n) is 1.64. The number of nitrogens with one attached hydrogen (secondary N) is 1. The van der Waals surface area contributed by atoms with E-state index in [2.05, 4.69) is 14.9 Å². The molecule has 0 aliphatic rings. The predicted octanol–water partition coefficient (Wildman–Crippen LogP) is 1.38. The van der Waals surface area contributed by atoms with Crippen molar-refractivity contribution in [3.8, 4) is 0 Å². The number of nitrogens with two attached hydrogens (primary N) is 1. The van der Waals surface area contributed by atoms with Gasteiger partial charge in [0.05, 0.1) is 4.90 Å². The predicted molar refractivity (Wildman–Crippen MR) is 70.2 cm³/mol. The molecule has 1 heterocycles. The lowest BCUT2D eigenvalue weighted by atomic mass is 10.1. The molecule has 0 saturated carbocycles. The SMILES string of the molecule is Cc1cc(N)c(C)c(S(=O)(=O)Nc2nc(C)no2)c1. The summed E-state index contributed by atoms with van der Waals surface area (Å²) in [6, 6.07) is 3.08. The maximum Gasteiger partial charge on any atom is 0.335 e. The molecule has 0 fully saturated rings. The van der Waals surface area contributed by atoms with Crippen LogP contribution in [0.15, 0.2) is 21.6 Å². The molecule has 0 radical (unpaired) electrons. The minimum Gasteiger partial charge on any atom is -0.398 e. The summed E-state index contributed by atoms with van der Waals surface area (Å²) < 4.78 is 31.4. The van der Waals surface area contributed by atoms with E-state index in [1.54, 1.807) is 26.8 Å². The van der Waals surface area contributed by atoms with Crippen LogP contribution in [-0.4, -0.2) is 18.6 Å². The second kappa shape index (κ2) is 4.54. The molecule has 19 heavy (non-hydrogen) atoms. The summed E-state index contributed by atoms with van der Waals surface area (Å²) in [5.41, 5.74) is 7.43. The van der Waals surface area contributed by atoms with E-state index in [0.717, 1.165) is 5.56 Å². The van der Waals surface area contributed by atoms with Crippen LogP contribution in [0, 0.1) is 20.8 Å². The molecular formula is C11H14N4O3S. The van der Waals surface area contributed by atoms with Crippen LogP contribution >= 0.6 is 0 Å². The third-order valence-corrected chi connectivity index (χ3v) is 4.03. The number of rotatable bonds is 3. The van der Waals surface area contributed by atoms with Crippen LogP contribution in [0.3, 0.4) is 0 Å². The lowest BCUT2D eigenvalue weighted by molar-refractivity contribution is 0.429. The maximum atomic E-state index is 12.2. The molecule has 0 aliphatic carbocycles. The van der Waals surface area contributed by atoms with Crippen molar-refractivity contribution in [1.29, 1.82) is 0 Å². The first-order valence-electron chi connectivity index (χ1n) is 5.49. The first-order valence-corrected chi connectivity index (χ1v) is 6.98. The summed E-state index contributed by atoms with van der Waals surface area (Å²) in [6.07, 6.45) is 0. The molecule has 0 saturated heterocycles. The minimum atomic E-state index is -3.80. The number of nitrogen functional groups attached to an aromatic ring is 1.